The SMILES string of the molecule is CCOC(=O)c1c(NC(=O)COC(=O)C2(O)CCCC2)oc(C)c1C(C)=O. The van der Waals surface area contributed by atoms with Crippen molar-refractivity contribution in [2.75, 3.05) is 18.5 Å². The van der Waals surface area contributed by atoms with Crippen molar-refractivity contribution in [3.8, 4) is 0 Å². The molecule has 1 aliphatic carbocycles. The maximum Gasteiger partial charge on any atom is 0.344 e. The van der Waals surface area contributed by atoms with Crippen molar-refractivity contribution in [3.05, 3.63) is 16.9 Å². The number of ketones is 1. The number of ether oxygens (including phenoxy) is 2. The van der Waals surface area contributed by atoms with E-state index >= 15 is 0 Å². The maximum absolute atomic E-state index is 12.2. The summed E-state index contributed by atoms with van der Waals surface area (Å²) >= 11 is 0. The summed E-state index contributed by atoms with van der Waals surface area (Å²) in [6.07, 6.45) is 2.00. The lowest BCUT2D eigenvalue weighted by Gasteiger charge is -2.19. The van der Waals surface area contributed by atoms with E-state index < -0.39 is 35.8 Å². The Balaban J connectivity index is 2.10. The van der Waals surface area contributed by atoms with Crippen LogP contribution in [-0.2, 0) is 19.1 Å². The smallest absolute Gasteiger partial charge is 0.344 e. The monoisotopic (exact) mass is 381 g/mol. The molecule has 0 aromatic carbocycles. The first-order valence-corrected chi connectivity index (χ1v) is 8.70. The number of Topliss-reactive ketones (excluding diaryl/α,β-unsaturated/α-hetero) is 1. The molecule has 0 spiro atoms. The fraction of sp³-hybridized carbons (Fsp3) is 0.556. The van der Waals surface area contributed by atoms with Gasteiger partial charge >= 0.3 is 11.9 Å². The van der Waals surface area contributed by atoms with E-state index in [4.69, 9.17) is 13.9 Å². The van der Waals surface area contributed by atoms with E-state index in [1.54, 1.807) is 6.92 Å². The molecule has 1 fully saturated rings. The molecule has 0 unspecified atom stereocenters. The van der Waals surface area contributed by atoms with Crippen molar-refractivity contribution >= 4 is 29.5 Å². The van der Waals surface area contributed by atoms with Crippen LogP contribution in [0.5, 0.6) is 0 Å². The average Bonchev–Trinajstić information content (AvgIpc) is 3.17. The highest BCUT2D eigenvalue weighted by molar-refractivity contribution is 6.10. The van der Waals surface area contributed by atoms with E-state index in [0.717, 1.165) is 0 Å². The Hall–Kier alpha value is -2.68. The maximum atomic E-state index is 12.2. The summed E-state index contributed by atoms with van der Waals surface area (Å²) in [5, 5.41) is 12.4. The third-order valence-corrected chi connectivity index (χ3v) is 4.31. The van der Waals surface area contributed by atoms with Gasteiger partial charge in [-0.15, -0.1) is 0 Å². The summed E-state index contributed by atoms with van der Waals surface area (Å²) in [5.74, 6) is -2.98. The molecule has 1 aromatic heterocycles. The van der Waals surface area contributed by atoms with Crippen molar-refractivity contribution < 1.29 is 38.2 Å². The minimum atomic E-state index is -1.56. The molecule has 1 heterocycles. The number of nitrogens with one attached hydrogen (secondary N) is 1. The molecule has 148 valence electrons. The van der Waals surface area contributed by atoms with Gasteiger partial charge in [-0.05, 0) is 46.5 Å². The molecular formula is C18H23NO8. The van der Waals surface area contributed by atoms with Crippen LogP contribution in [0.15, 0.2) is 4.42 Å². The lowest BCUT2D eigenvalue weighted by molar-refractivity contribution is -0.166. The quantitative estimate of drug-likeness (QED) is 0.539. The second kappa shape index (κ2) is 8.34. The van der Waals surface area contributed by atoms with Gasteiger partial charge in [-0.3, -0.25) is 14.9 Å². The predicted octanol–water partition coefficient (Wildman–Crippen LogP) is 1.75. The highest BCUT2D eigenvalue weighted by Crippen LogP contribution is 2.31. The van der Waals surface area contributed by atoms with Crippen LogP contribution in [0.25, 0.3) is 0 Å². The molecule has 0 saturated heterocycles. The lowest BCUT2D eigenvalue weighted by Crippen LogP contribution is -2.38. The third kappa shape index (κ3) is 4.54. The number of hydrogen-bond acceptors (Lipinski definition) is 8. The Morgan fingerprint density at radius 2 is 1.78 bits per heavy atom. The van der Waals surface area contributed by atoms with Crippen molar-refractivity contribution in [3.63, 3.8) is 0 Å². The van der Waals surface area contributed by atoms with Gasteiger partial charge in [0, 0.05) is 0 Å². The summed E-state index contributed by atoms with van der Waals surface area (Å²) in [4.78, 5) is 48.0. The number of rotatable bonds is 7. The van der Waals surface area contributed by atoms with E-state index in [-0.39, 0.29) is 29.4 Å². The third-order valence-electron chi connectivity index (χ3n) is 4.31. The van der Waals surface area contributed by atoms with E-state index in [9.17, 15) is 24.3 Å². The van der Waals surface area contributed by atoms with Crippen LogP contribution < -0.4 is 5.32 Å². The Morgan fingerprint density at radius 1 is 1.15 bits per heavy atom. The molecule has 9 heteroatoms. The van der Waals surface area contributed by atoms with Crippen LogP contribution in [0.2, 0.25) is 0 Å². The fourth-order valence-electron chi connectivity index (χ4n) is 3.05. The predicted molar refractivity (Wildman–Crippen MR) is 92.4 cm³/mol. The number of furan rings is 1. The lowest BCUT2D eigenvalue weighted by atomic mass is 10.0. The zero-order valence-corrected chi connectivity index (χ0v) is 15.5. The van der Waals surface area contributed by atoms with Gasteiger partial charge in [0.25, 0.3) is 5.91 Å². The van der Waals surface area contributed by atoms with E-state index in [1.807, 2.05) is 0 Å². The summed E-state index contributed by atoms with van der Waals surface area (Å²) < 4.78 is 15.1. The zero-order chi connectivity index (χ0) is 20.2. The summed E-state index contributed by atoms with van der Waals surface area (Å²) in [6, 6.07) is 0. The number of esters is 2. The molecule has 0 radical (unpaired) electrons. The largest absolute Gasteiger partial charge is 0.462 e. The Morgan fingerprint density at radius 3 is 2.33 bits per heavy atom. The number of amides is 1. The summed E-state index contributed by atoms with van der Waals surface area (Å²) in [5.41, 5.74) is -1.73. The number of hydrogen-bond donors (Lipinski definition) is 2. The Labute approximate surface area is 156 Å². The number of aliphatic hydroxyl groups is 1. The van der Waals surface area contributed by atoms with Crippen molar-refractivity contribution in [2.24, 2.45) is 0 Å². The van der Waals surface area contributed by atoms with Gasteiger partial charge < -0.3 is 19.0 Å². The van der Waals surface area contributed by atoms with Gasteiger partial charge in [-0.2, -0.15) is 0 Å². The molecule has 0 aliphatic heterocycles. The molecule has 1 aromatic rings. The van der Waals surface area contributed by atoms with Crippen molar-refractivity contribution in [1.29, 1.82) is 0 Å². The number of aryl methyl sites for hydroxylation is 1. The Kier molecular flexibility index (Phi) is 6.37. The highest BCUT2D eigenvalue weighted by atomic mass is 16.6. The second-order valence-corrected chi connectivity index (χ2v) is 6.38. The Bertz CT molecular complexity index is 758. The molecule has 9 nitrogen and oxygen atoms in total. The number of carbonyl (C=O) groups is 4. The van der Waals surface area contributed by atoms with Gasteiger partial charge in [0.1, 0.15) is 11.3 Å². The highest BCUT2D eigenvalue weighted by Gasteiger charge is 2.40. The normalized spacial score (nSPS) is 15.3. The standard InChI is InChI=1S/C18H23NO8/c1-4-25-16(22)14-13(10(2)20)11(3)27-15(14)19-12(21)9-26-17(23)18(24)7-5-6-8-18/h24H,4-9H2,1-3H3,(H,19,21). The first-order chi connectivity index (χ1) is 12.7. The summed E-state index contributed by atoms with van der Waals surface area (Å²) in [6.45, 7) is 3.74. The van der Waals surface area contributed by atoms with Crippen LogP contribution in [-0.4, -0.2) is 47.6 Å². The molecule has 1 saturated carbocycles. The average molecular weight is 381 g/mol. The van der Waals surface area contributed by atoms with Gasteiger partial charge in [-0.1, -0.05) is 0 Å². The molecule has 0 bridgehead atoms. The van der Waals surface area contributed by atoms with Gasteiger partial charge in [0.2, 0.25) is 5.88 Å². The van der Waals surface area contributed by atoms with Crippen LogP contribution in [0.4, 0.5) is 5.88 Å². The minimum Gasteiger partial charge on any atom is -0.462 e. The van der Waals surface area contributed by atoms with E-state index in [1.165, 1.54) is 13.8 Å². The number of carbonyl (C=O) groups excluding carboxylic acids is 4. The van der Waals surface area contributed by atoms with Gasteiger partial charge in [0.05, 0.1) is 12.2 Å². The molecular weight excluding hydrogens is 358 g/mol. The molecule has 1 amide bonds. The molecule has 27 heavy (non-hydrogen) atoms. The van der Waals surface area contributed by atoms with E-state index in [0.29, 0.717) is 25.7 Å². The first kappa shape index (κ1) is 20.6. The van der Waals surface area contributed by atoms with Crippen molar-refractivity contribution in [1.82, 2.24) is 0 Å². The van der Waals surface area contributed by atoms with Gasteiger partial charge in [-0.25, -0.2) is 9.59 Å². The first-order valence-electron chi connectivity index (χ1n) is 8.70. The fourth-order valence-corrected chi connectivity index (χ4v) is 3.05. The van der Waals surface area contributed by atoms with Crippen LogP contribution in [0, 0.1) is 6.92 Å². The number of anilines is 1. The van der Waals surface area contributed by atoms with Crippen LogP contribution in [0.1, 0.15) is 66.0 Å². The topological polar surface area (TPSA) is 132 Å². The summed E-state index contributed by atoms with van der Waals surface area (Å²) in [7, 11) is 0. The van der Waals surface area contributed by atoms with Gasteiger partial charge in [0.15, 0.2) is 18.0 Å². The van der Waals surface area contributed by atoms with Crippen LogP contribution >= 0.6 is 0 Å². The minimum absolute atomic E-state index is 0.0148. The second-order valence-electron chi connectivity index (χ2n) is 6.38. The molecule has 2 rings (SSSR count). The van der Waals surface area contributed by atoms with Crippen LogP contribution in [0.3, 0.4) is 0 Å². The van der Waals surface area contributed by atoms with Crippen molar-refractivity contribution in [2.45, 2.75) is 52.1 Å². The molecule has 2 N–H and O–H groups in total. The van der Waals surface area contributed by atoms with E-state index in [2.05, 4.69) is 5.32 Å². The molecule has 1 aliphatic rings. The molecule has 0 atom stereocenters. The zero-order valence-electron chi connectivity index (χ0n) is 15.5.